The lowest BCUT2D eigenvalue weighted by Crippen LogP contribution is -2.31. The van der Waals surface area contributed by atoms with Gasteiger partial charge in [0.1, 0.15) is 5.82 Å². The molecule has 0 spiro atoms. The second-order valence-corrected chi connectivity index (χ2v) is 8.22. The van der Waals surface area contributed by atoms with E-state index in [1.54, 1.807) is 0 Å². The maximum Gasteiger partial charge on any atom is 0.255 e. The number of amides is 1. The Morgan fingerprint density at radius 1 is 0.871 bits per heavy atom. The van der Waals surface area contributed by atoms with Crippen LogP contribution in [0.15, 0.2) is 48.5 Å². The maximum absolute atomic E-state index is 12.6. The molecule has 1 fully saturated rings. The van der Waals surface area contributed by atoms with Gasteiger partial charge in [0.25, 0.3) is 5.91 Å². The van der Waals surface area contributed by atoms with Crippen molar-refractivity contribution in [2.75, 3.05) is 28.6 Å². The van der Waals surface area contributed by atoms with Gasteiger partial charge in [-0.3, -0.25) is 4.79 Å². The first kappa shape index (κ1) is 20.8. The molecule has 160 valence electrons. The lowest BCUT2D eigenvalue weighted by molar-refractivity contribution is 0.102. The number of piperidine rings is 1. The molecule has 0 aliphatic carbocycles. The molecule has 2 heterocycles. The lowest BCUT2D eigenvalue weighted by atomic mass is 10.1. The van der Waals surface area contributed by atoms with Crippen LogP contribution in [0.4, 0.5) is 23.1 Å². The van der Waals surface area contributed by atoms with E-state index in [9.17, 15) is 4.79 Å². The van der Waals surface area contributed by atoms with Gasteiger partial charge in [-0.2, -0.15) is 4.98 Å². The molecule has 1 aliphatic rings. The van der Waals surface area contributed by atoms with Gasteiger partial charge in [-0.25, -0.2) is 4.98 Å². The average Bonchev–Trinajstić information content (AvgIpc) is 2.77. The Bertz CT molecular complexity index is 1070. The van der Waals surface area contributed by atoms with Crippen LogP contribution in [-0.4, -0.2) is 29.0 Å². The molecule has 2 N–H and O–H groups in total. The molecule has 31 heavy (non-hydrogen) atoms. The first-order valence-corrected chi connectivity index (χ1v) is 10.8. The van der Waals surface area contributed by atoms with Gasteiger partial charge in [-0.1, -0.05) is 17.7 Å². The number of aromatic nitrogens is 2. The molecule has 0 unspecified atom stereocenters. The molecule has 1 saturated heterocycles. The van der Waals surface area contributed by atoms with Gasteiger partial charge in [-0.15, -0.1) is 0 Å². The van der Waals surface area contributed by atoms with Gasteiger partial charge in [0.05, 0.1) is 0 Å². The van der Waals surface area contributed by atoms with Crippen LogP contribution in [0.2, 0.25) is 0 Å². The zero-order valence-corrected chi connectivity index (χ0v) is 18.4. The van der Waals surface area contributed by atoms with Crippen LogP contribution in [0.5, 0.6) is 0 Å². The second kappa shape index (κ2) is 9.16. The summed E-state index contributed by atoms with van der Waals surface area (Å²) in [6, 6.07) is 15.5. The van der Waals surface area contributed by atoms with E-state index in [1.165, 1.54) is 19.3 Å². The summed E-state index contributed by atoms with van der Waals surface area (Å²) in [5.74, 6) is 1.47. The zero-order chi connectivity index (χ0) is 21.8. The van der Waals surface area contributed by atoms with E-state index >= 15 is 0 Å². The summed E-state index contributed by atoms with van der Waals surface area (Å²) < 4.78 is 0. The van der Waals surface area contributed by atoms with E-state index in [4.69, 9.17) is 4.98 Å². The Hall–Kier alpha value is -3.41. The van der Waals surface area contributed by atoms with Crippen molar-refractivity contribution in [3.05, 3.63) is 70.9 Å². The zero-order valence-electron chi connectivity index (χ0n) is 18.4. The van der Waals surface area contributed by atoms with Crippen LogP contribution in [0.1, 0.15) is 46.4 Å². The van der Waals surface area contributed by atoms with Crippen molar-refractivity contribution in [2.24, 2.45) is 0 Å². The first-order chi connectivity index (χ1) is 15.0. The Morgan fingerprint density at radius 3 is 2.32 bits per heavy atom. The quantitative estimate of drug-likeness (QED) is 0.585. The summed E-state index contributed by atoms with van der Waals surface area (Å²) >= 11 is 0. The number of rotatable bonds is 5. The lowest BCUT2D eigenvalue weighted by Gasteiger charge is -2.27. The third kappa shape index (κ3) is 5.20. The highest BCUT2D eigenvalue weighted by Crippen LogP contribution is 2.22. The van der Waals surface area contributed by atoms with E-state index in [0.717, 1.165) is 53.1 Å². The number of carbonyl (C=O) groups is 1. The Labute approximate surface area is 183 Å². The van der Waals surface area contributed by atoms with Crippen LogP contribution >= 0.6 is 0 Å². The summed E-state index contributed by atoms with van der Waals surface area (Å²) in [7, 11) is 0. The van der Waals surface area contributed by atoms with Gasteiger partial charge in [0.2, 0.25) is 5.95 Å². The summed E-state index contributed by atoms with van der Waals surface area (Å²) in [4.78, 5) is 24.2. The predicted molar refractivity (Wildman–Crippen MR) is 126 cm³/mol. The van der Waals surface area contributed by atoms with E-state index in [1.807, 2.05) is 69.3 Å². The molecule has 0 atom stereocenters. The van der Waals surface area contributed by atoms with Crippen molar-refractivity contribution in [1.82, 2.24) is 9.97 Å². The number of nitrogens with one attached hydrogen (secondary N) is 2. The Morgan fingerprint density at radius 2 is 1.58 bits per heavy atom. The fourth-order valence-electron chi connectivity index (χ4n) is 3.82. The molecule has 3 aromatic rings. The maximum atomic E-state index is 12.6. The van der Waals surface area contributed by atoms with Crippen LogP contribution in [0.25, 0.3) is 0 Å². The molecule has 0 saturated carbocycles. The highest BCUT2D eigenvalue weighted by Gasteiger charge is 2.15. The molecule has 1 amide bonds. The molecule has 1 aromatic heterocycles. The van der Waals surface area contributed by atoms with Crippen LogP contribution in [0.3, 0.4) is 0 Å². The van der Waals surface area contributed by atoms with Gasteiger partial charge in [-0.05, 0) is 75.9 Å². The second-order valence-electron chi connectivity index (χ2n) is 8.22. The van der Waals surface area contributed by atoms with Gasteiger partial charge >= 0.3 is 0 Å². The number of aryl methyl sites for hydroxylation is 3. The van der Waals surface area contributed by atoms with E-state index in [-0.39, 0.29) is 5.91 Å². The van der Waals surface area contributed by atoms with E-state index < -0.39 is 0 Å². The van der Waals surface area contributed by atoms with Crippen LogP contribution in [-0.2, 0) is 0 Å². The number of benzene rings is 2. The molecule has 0 bridgehead atoms. The van der Waals surface area contributed by atoms with Crippen molar-refractivity contribution in [1.29, 1.82) is 0 Å². The minimum Gasteiger partial charge on any atom is -0.341 e. The monoisotopic (exact) mass is 415 g/mol. The predicted octanol–water partition coefficient (Wildman–Crippen LogP) is 5.39. The average molecular weight is 416 g/mol. The highest BCUT2D eigenvalue weighted by atomic mass is 16.1. The molecule has 6 nitrogen and oxygen atoms in total. The molecular formula is C25H29N5O. The van der Waals surface area contributed by atoms with Crippen molar-refractivity contribution in [3.8, 4) is 0 Å². The molecule has 0 radical (unpaired) electrons. The van der Waals surface area contributed by atoms with Crippen LogP contribution in [0, 0.1) is 20.8 Å². The minimum absolute atomic E-state index is 0.0977. The van der Waals surface area contributed by atoms with Crippen molar-refractivity contribution < 1.29 is 4.79 Å². The summed E-state index contributed by atoms with van der Waals surface area (Å²) in [5.41, 5.74) is 5.33. The fourth-order valence-corrected chi connectivity index (χ4v) is 3.82. The smallest absolute Gasteiger partial charge is 0.255 e. The molecular weight excluding hydrogens is 386 g/mol. The molecule has 2 aromatic carbocycles. The standard InChI is InChI=1S/C25H29N5O/c1-17-7-8-18(2)22(15-17)24(31)28-21-11-9-20(10-12-21)27-23-16-19(3)26-25(29-23)30-13-5-4-6-14-30/h7-12,15-16H,4-6,13-14H2,1-3H3,(H,28,31)(H,26,27,29). The SMILES string of the molecule is Cc1ccc(C)c(C(=O)Nc2ccc(Nc3cc(C)nc(N4CCCCC4)n3)cc2)c1. The van der Waals surface area contributed by atoms with Gasteiger partial charge < -0.3 is 15.5 Å². The van der Waals surface area contributed by atoms with Gasteiger partial charge in [0, 0.05) is 41.8 Å². The first-order valence-electron chi connectivity index (χ1n) is 10.8. The molecule has 4 rings (SSSR count). The summed E-state index contributed by atoms with van der Waals surface area (Å²) in [6.45, 7) is 7.95. The Balaban J connectivity index is 1.44. The van der Waals surface area contributed by atoms with Crippen molar-refractivity contribution in [3.63, 3.8) is 0 Å². The number of nitrogens with zero attached hydrogens (tertiary/aromatic N) is 3. The van der Waals surface area contributed by atoms with Crippen molar-refractivity contribution in [2.45, 2.75) is 40.0 Å². The molecule has 1 aliphatic heterocycles. The number of anilines is 4. The van der Waals surface area contributed by atoms with E-state index in [0.29, 0.717) is 5.56 Å². The van der Waals surface area contributed by atoms with Crippen LogP contribution < -0.4 is 15.5 Å². The third-order valence-corrected chi connectivity index (χ3v) is 5.53. The summed E-state index contributed by atoms with van der Waals surface area (Å²) in [6.07, 6.45) is 3.66. The topological polar surface area (TPSA) is 70.2 Å². The number of hydrogen-bond acceptors (Lipinski definition) is 5. The Kier molecular flexibility index (Phi) is 6.16. The number of carbonyl (C=O) groups excluding carboxylic acids is 1. The highest BCUT2D eigenvalue weighted by molar-refractivity contribution is 6.05. The van der Waals surface area contributed by atoms with Crippen molar-refractivity contribution >= 4 is 29.0 Å². The fraction of sp³-hybridized carbons (Fsp3) is 0.320. The minimum atomic E-state index is -0.0977. The number of hydrogen-bond donors (Lipinski definition) is 2. The van der Waals surface area contributed by atoms with Gasteiger partial charge in [0.15, 0.2) is 0 Å². The normalized spacial score (nSPS) is 13.7. The largest absolute Gasteiger partial charge is 0.341 e. The van der Waals surface area contributed by atoms with E-state index in [2.05, 4.69) is 20.5 Å². The summed E-state index contributed by atoms with van der Waals surface area (Å²) in [5, 5.41) is 6.34. The third-order valence-electron chi connectivity index (χ3n) is 5.53. The molecule has 6 heteroatoms.